The minimum absolute atomic E-state index is 0.241. The van der Waals surface area contributed by atoms with Gasteiger partial charge in [0.05, 0.1) is 0 Å². The maximum absolute atomic E-state index is 12.4. The van der Waals surface area contributed by atoms with Crippen molar-refractivity contribution in [2.24, 2.45) is 0 Å². The lowest BCUT2D eigenvalue weighted by Gasteiger charge is -2.19. The molecule has 2 rings (SSSR count). The summed E-state index contributed by atoms with van der Waals surface area (Å²) in [7, 11) is -3.66. The first-order valence-electron chi connectivity index (χ1n) is 5.65. The topological polar surface area (TPSA) is 74.7 Å². The lowest BCUT2D eigenvalue weighted by atomic mass is 10.2. The summed E-state index contributed by atoms with van der Waals surface area (Å²) in [5.74, 6) is -1.07. The molecule has 0 bridgehead atoms. The highest BCUT2D eigenvalue weighted by Crippen LogP contribution is 2.31. The van der Waals surface area contributed by atoms with E-state index in [1.54, 1.807) is 6.07 Å². The van der Waals surface area contributed by atoms with Crippen LogP contribution in [0, 0.1) is 13.8 Å². The van der Waals surface area contributed by atoms with Gasteiger partial charge in [0.2, 0.25) is 0 Å². The van der Waals surface area contributed by atoms with Gasteiger partial charge < -0.3 is 5.11 Å². The van der Waals surface area contributed by atoms with Gasteiger partial charge >= 0.3 is 5.97 Å². The van der Waals surface area contributed by atoms with Crippen LogP contribution in [0.2, 0.25) is 0 Å². The van der Waals surface area contributed by atoms with E-state index in [1.807, 2.05) is 13.8 Å². The van der Waals surface area contributed by atoms with E-state index in [2.05, 4.69) is 0 Å². The smallest absolute Gasteiger partial charge is 0.322 e. The molecule has 1 fully saturated rings. The normalized spacial score (nSPS) is 21.3. The van der Waals surface area contributed by atoms with Gasteiger partial charge in [-0.3, -0.25) is 4.79 Å². The number of nitrogens with zero attached hydrogens (tertiary/aromatic N) is 1. The molecule has 1 aromatic rings. The van der Waals surface area contributed by atoms with E-state index in [9.17, 15) is 13.2 Å². The van der Waals surface area contributed by atoms with E-state index >= 15 is 0 Å². The van der Waals surface area contributed by atoms with Gasteiger partial charge in [-0.15, -0.1) is 11.3 Å². The average molecular weight is 289 g/mol. The van der Waals surface area contributed by atoms with Crippen molar-refractivity contribution in [3.63, 3.8) is 0 Å². The van der Waals surface area contributed by atoms with E-state index < -0.39 is 22.0 Å². The number of hydrogen-bond acceptors (Lipinski definition) is 4. The summed E-state index contributed by atoms with van der Waals surface area (Å²) in [5.41, 5.74) is 0.921. The zero-order chi connectivity index (χ0) is 13.5. The number of carboxylic acid groups (broad SMARTS) is 1. The molecule has 1 N–H and O–H groups in total. The van der Waals surface area contributed by atoms with E-state index in [4.69, 9.17) is 5.11 Å². The van der Waals surface area contributed by atoms with Crippen molar-refractivity contribution in [2.45, 2.75) is 36.9 Å². The highest BCUT2D eigenvalue weighted by molar-refractivity contribution is 7.91. The molecular formula is C11H15NO4S2. The van der Waals surface area contributed by atoms with Crippen LogP contribution < -0.4 is 0 Å². The van der Waals surface area contributed by atoms with Gasteiger partial charge in [-0.25, -0.2) is 8.42 Å². The molecule has 1 atom stereocenters. The van der Waals surface area contributed by atoms with Crippen LogP contribution >= 0.6 is 11.3 Å². The Morgan fingerprint density at radius 2 is 2.17 bits per heavy atom. The monoisotopic (exact) mass is 289 g/mol. The summed E-state index contributed by atoms with van der Waals surface area (Å²) in [4.78, 5) is 12.0. The van der Waals surface area contributed by atoms with Crippen LogP contribution in [-0.4, -0.2) is 36.4 Å². The number of aliphatic carboxylic acids is 1. The lowest BCUT2D eigenvalue weighted by molar-refractivity contribution is -0.140. The fourth-order valence-corrected chi connectivity index (χ4v) is 5.35. The van der Waals surface area contributed by atoms with Crippen molar-refractivity contribution in [3.8, 4) is 0 Å². The number of carboxylic acids is 1. The molecular weight excluding hydrogens is 274 g/mol. The molecule has 7 heteroatoms. The van der Waals surface area contributed by atoms with Gasteiger partial charge in [0.25, 0.3) is 10.0 Å². The Labute approximate surface area is 110 Å². The first-order valence-corrected chi connectivity index (χ1v) is 7.91. The molecule has 0 aliphatic carbocycles. The van der Waals surface area contributed by atoms with Gasteiger partial charge in [0, 0.05) is 11.4 Å². The van der Waals surface area contributed by atoms with E-state index in [1.165, 1.54) is 11.3 Å². The van der Waals surface area contributed by atoms with Crippen LogP contribution in [0.3, 0.4) is 0 Å². The summed E-state index contributed by atoms with van der Waals surface area (Å²) < 4.78 is 26.1. The zero-order valence-electron chi connectivity index (χ0n) is 10.2. The molecule has 18 heavy (non-hydrogen) atoms. The van der Waals surface area contributed by atoms with E-state index in [0.717, 1.165) is 14.7 Å². The maximum atomic E-state index is 12.4. The van der Waals surface area contributed by atoms with Crippen molar-refractivity contribution < 1.29 is 18.3 Å². The van der Waals surface area contributed by atoms with Crippen LogP contribution in [-0.2, 0) is 14.8 Å². The largest absolute Gasteiger partial charge is 0.480 e. The second kappa shape index (κ2) is 4.64. The van der Waals surface area contributed by atoms with E-state index in [-0.39, 0.29) is 10.8 Å². The second-order valence-corrected chi connectivity index (χ2v) is 7.79. The standard InChI is InChI=1S/C11H15NO4S2/c1-7-6-10(17-8(7)2)18(15,16)12-5-3-4-9(12)11(13)14/h6,9H,3-5H2,1-2H3,(H,13,14)/t9-/m1/s1. The minimum Gasteiger partial charge on any atom is -0.480 e. The fourth-order valence-electron chi connectivity index (χ4n) is 2.06. The third-order valence-corrected chi connectivity index (χ3v) is 6.70. The van der Waals surface area contributed by atoms with Crippen molar-refractivity contribution in [1.82, 2.24) is 4.31 Å². The third kappa shape index (κ3) is 2.17. The van der Waals surface area contributed by atoms with Gasteiger partial charge in [-0.05, 0) is 38.3 Å². The highest BCUT2D eigenvalue weighted by Gasteiger charge is 2.40. The number of sulfonamides is 1. The molecule has 0 aromatic carbocycles. The summed E-state index contributed by atoms with van der Waals surface area (Å²) in [6.45, 7) is 4.00. The molecule has 1 aliphatic rings. The predicted molar refractivity (Wildman–Crippen MR) is 68.3 cm³/mol. The molecule has 0 radical (unpaired) electrons. The van der Waals surface area contributed by atoms with Gasteiger partial charge in [-0.2, -0.15) is 4.31 Å². The molecule has 0 unspecified atom stereocenters. The molecule has 1 aromatic heterocycles. The second-order valence-electron chi connectivity index (χ2n) is 4.42. The molecule has 2 heterocycles. The SMILES string of the molecule is Cc1cc(S(=O)(=O)N2CCC[C@@H]2C(=O)O)sc1C. The summed E-state index contributed by atoms with van der Waals surface area (Å²) in [6.07, 6.45) is 0.984. The van der Waals surface area contributed by atoms with Crippen molar-refractivity contribution in [3.05, 3.63) is 16.5 Å². The Kier molecular flexibility index (Phi) is 3.48. The molecule has 1 aliphatic heterocycles. The van der Waals surface area contributed by atoms with Crippen LogP contribution in [0.5, 0.6) is 0 Å². The predicted octanol–water partition coefficient (Wildman–Crippen LogP) is 1.60. The molecule has 1 saturated heterocycles. The Morgan fingerprint density at radius 3 is 2.67 bits per heavy atom. The minimum atomic E-state index is -3.66. The molecule has 0 spiro atoms. The lowest BCUT2D eigenvalue weighted by Crippen LogP contribution is -2.40. The van der Waals surface area contributed by atoms with Crippen molar-refractivity contribution >= 4 is 27.3 Å². The summed E-state index contributed by atoms with van der Waals surface area (Å²) in [6, 6.07) is 0.699. The number of aryl methyl sites for hydroxylation is 2. The molecule has 100 valence electrons. The average Bonchev–Trinajstić information content (AvgIpc) is 2.87. The number of carbonyl (C=O) groups is 1. The Balaban J connectivity index is 2.39. The number of rotatable bonds is 3. The summed E-state index contributed by atoms with van der Waals surface area (Å²) >= 11 is 1.20. The fraction of sp³-hybridized carbons (Fsp3) is 0.545. The van der Waals surface area contributed by atoms with Crippen LogP contribution in [0.25, 0.3) is 0 Å². The Morgan fingerprint density at radius 1 is 1.50 bits per heavy atom. The molecule has 0 amide bonds. The molecule has 0 saturated carbocycles. The van der Waals surface area contributed by atoms with Crippen molar-refractivity contribution in [1.29, 1.82) is 0 Å². The van der Waals surface area contributed by atoms with Crippen LogP contribution in [0.15, 0.2) is 10.3 Å². The van der Waals surface area contributed by atoms with Crippen molar-refractivity contribution in [2.75, 3.05) is 6.54 Å². The first-order chi connectivity index (χ1) is 8.34. The maximum Gasteiger partial charge on any atom is 0.322 e. The molecule has 5 nitrogen and oxygen atoms in total. The highest BCUT2D eigenvalue weighted by atomic mass is 32.2. The van der Waals surface area contributed by atoms with Crippen LogP contribution in [0.4, 0.5) is 0 Å². The van der Waals surface area contributed by atoms with Crippen LogP contribution in [0.1, 0.15) is 23.3 Å². The van der Waals surface area contributed by atoms with Gasteiger partial charge in [0.15, 0.2) is 0 Å². The number of thiophene rings is 1. The quantitative estimate of drug-likeness (QED) is 0.917. The Hall–Kier alpha value is -0.920. The number of hydrogen-bond donors (Lipinski definition) is 1. The van der Waals surface area contributed by atoms with Gasteiger partial charge in [0.1, 0.15) is 10.3 Å². The Bertz CT molecular complexity index is 556. The summed E-state index contributed by atoms with van der Waals surface area (Å²) in [5, 5.41) is 9.05. The zero-order valence-corrected chi connectivity index (χ0v) is 11.8. The first kappa shape index (κ1) is 13.5. The van der Waals surface area contributed by atoms with Gasteiger partial charge in [-0.1, -0.05) is 0 Å². The third-order valence-electron chi connectivity index (χ3n) is 3.20. The van der Waals surface area contributed by atoms with E-state index in [0.29, 0.717) is 12.8 Å².